The molecular formula is C11H18O. The molecule has 0 aromatic carbocycles. The third kappa shape index (κ3) is 2.25. The molecule has 12 heavy (non-hydrogen) atoms. The Hall–Kier alpha value is -0.480. The lowest BCUT2D eigenvalue weighted by molar-refractivity contribution is 0.199. The molecule has 1 fully saturated rings. The highest BCUT2D eigenvalue weighted by Crippen LogP contribution is 2.44. The molecule has 0 bridgehead atoms. The lowest BCUT2D eigenvalue weighted by Crippen LogP contribution is -2.27. The first kappa shape index (κ1) is 9.61. The highest BCUT2D eigenvalue weighted by Gasteiger charge is 2.33. The van der Waals surface area contributed by atoms with Crippen molar-refractivity contribution in [3.63, 3.8) is 0 Å². The van der Waals surface area contributed by atoms with Crippen LogP contribution in [0.1, 0.15) is 45.4 Å². The van der Waals surface area contributed by atoms with E-state index in [-0.39, 0.29) is 6.61 Å². The summed E-state index contributed by atoms with van der Waals surface area (Å²) in [7, 11) is 0. The van der Waals surface area contributed by atoms with Crippen LogP contribution in [-0.2, 0) is 0 Å². The summed E-state index contributed by atoms with van der Waals surface area (Å²) in [4.78, 5) is 0. The van der Waals surface area contributed by atoms with E-state index in [4.69, 9.17) is 5.11 Å². The Kier molecular flexibility index (Phi) is 3.62. The minimum Gasteiger partial charge on any atom is -0.395 e. The lowest BCUT2D eigenvalue weighted by Gasteiger charge is -2.37. The molecule has 0 atom stereocenters. The van der Waals surface area contributed by atoms with Gasteiger partial charge in [-0.1, -0.05) is 25.7 Å². The van der Waals surface area contributed by atoms with Gasteiger partial charge in [-0.15, -0.1) is 5.92 Å². The van der Waals surface area contributed by atoms with Crippen molar-refractivity contribution < 1.29 is 5.11 Å². The molecule has 1 saturated carbocycles. The Labute approximate surface area is 75.2 Å². The van der Waals surface area contributed by atoms with E-state index >= 15 is 0 Å². The number of aliphatic hydroxyl groups is 1. The maximum absolute atomic E-state index is 8.58. The SMILES string of the molecule is CCCC1(C#CCCO)CCC1. The van der Waals surface area contributed by atoms with Crippen LogP contribution in [0.25, 0.3) is 0 Å². The molecule has 0 aliphatic heterocycles. The summed E-state index contributed by atoms with van der Waals surface area (Å²) in [5.74, 6) is 6.39. The average Bonchev–Trinajstić information content (AvgIpc) is 2.00. The maximum Gasteiger partial charge on any atom is 0.0540 e. The first-order valence-electron chi connectivity index (χ1n) is 4.94. The van der Waals surface area contributed by atoms with Crippen molar-refractivity contribution >= 4 is 0 Å². The average molecular weight is 166 g/mol. The zero-order valence-corrected chi connectivity index (χ0v) is 7.90. The van der Waals surface area contributed by atoms with Gasteiger partial charge in [0.1, 0.15) is 0 Å². The zero-order valence-electron chi connectivity index (χ0n) is 7.90. The number of aliphatic hydroxyl groups excluding tert-OH is 1. The van der Waals surface area contributed by atoms with E-state index in [1.807, 2.05) is 0 Å². The quantitative estimate of drug-likeness (QED) is 0.638. The van der Waals surface area contributed by atoms with Crippen LogP contribution in [0.15, 0.2) is 0 Å². The van der Waals surface area contributed by atoms with Crippen LogP contribution in [0.4, 0.5) is 0 Å². The minimum atomic E-state index is 0.204. The molecule has 0 saturated heterocycles. The second-order valence-electron chi connectivity index (χ2n) is 3.66. The highest BCUT2D eigenvalue weighted by molar-refractivity contribution is 5.15. The van der Waals surface area contributed by atoms with Gasteiger partial charge in [-0.05, 0) is 19.3 Å². The number of hydrogen-bond donors (Lipinski definition) is 1. The Morgan fingerprint density at radius 1 is 1.42 bits per heavy atom. The first-order chi connectivity index (χ1) is 5.83. The van der Waals surface area contributed by atoms with Crippen molar-refractivity contribution in [3.05, 3.63) is 0 Å². The normalized spacial score (nSPS) is 19.2. The summed E-state index contributed by atoms with van der Waals surface area (Å²) in [5, 5.41) is 8.58. The van der Waals surface area contributed by atoms with Crippen molar-refractivity contribution in [2.45, 2.75) is 45.4 Å². The molecule has 0 unspecified atom stereocenters. The fourth-order valence-electron chi connectivity index (χ4n) is 1.83. The van der Waals surface area contributed by atoms with Gasteiger partial charge >= 0.3 is 0 Å². The molecule has 0 aromatic heterocycles. The van der Waals surface area contributed by atoms with Crippen LogP contribution < -0.4 is 0 Å². The second-order valence-corrected chi connectivity index (χ2v) is 3.66. The Balaban J connectivity index is 2.40. The summed E-state index contributed by atoms with van der Waals surface area (Å²) >= 11 is 0. The standard InChI is InChI=1S/C11H18O/c1-2-6-11(8-5-9-11)7-3-4-10-12/h12H,2,4-6,8-10H2,1H3. The first-order valence-corrected chi connectivity index (χ1v) is 4.94. The summed E-state index contributed by atoms with van der Waals surface area (Å²) in [5.41, 5.74) is 0.351. The Morgan fingerprint density at radius 3 is 2.58 bits per heavy atom. The molecule has 0 amide bonds. The van der Waals surface area contributed by atoms with Crippen LogP contribution in [0.2, 0.25) is 0 Å². The molecule has 1 rings (SSSR count). The van der Waals surface area contributed by atoms with Gasteiger partial charge in [-0.25, -0.2) is 0 Å². The van der Waals surface area contributed by atoms with E-state index in [1.54, 1.807) is 0 Å². The molecule has 0 heterocycles. The monoisotopic (exact) mass is 166 g/mol. The molecular weight excluding hydrogens is 148 g/mol. The summed E-state index contributed by atoms with van der Waals surface area (Å²) in [6.07, 6.45) is 7.01. The zero-order chi connectivity index (χ0) is 8.86. The summed E-state index contributed by atoms with van der Waals surface area (Å²) < 4.78 is 0. The van der Waals surface area contributed by atoms with Gasteiger partial charge in [0.15, 0.2) is 0 Å². The van der Waals surface area contributed by atoms with Crippen LogP contribution >= 0.6 is 0 Å². The molecule has 1 heteroatoms. The predicted molar refractivity (Wildman–Crippen MR) is 50.7 cm³/mol. The van der Waals surface area contributed by atoms with Crippen molar-refractivity contribution in [1.82, 2.24) is 0 Å². The fraction of sp³-hybridized carbons (Fsp3) is 0.818. The van der Waals surface area contributed by atoms with E-state index in [1.165, 1.54) is 32.1 Å². The van der Waals surface area contributed by atoms with Crippen molar-refractivity contribution in [2.24, 2.45) is 5.41 Å². The van der Waals surface area contributed by atoms with Gasteiger partial charge in [-0.2, -0.15) is 0 Å². The van der Waals surface area contributed by atoms with Crippen molar-refractivity contribution in [2.75, 3.05) is 6.61 Å². The number of hydrogen-bond acceptors (Lipinski definition) is 1. The molecule has 1 nitrogen and oxygen atoms in total. The van der Waals surface area contributed by atoms with Gasteiger partial charge in [0.25, 0.3) is 0 Å². The molecule has 1 aliphatic carbocycles. The Morgan fingerprint density at radius 2 is 2.17 bits per heavy atom. The third-order valence-electron chi connectivity index (χ3n) is 2.63. The van der Waals surface area contributed by atoms with Crippen molar-refractivity contribution in [3.8, 4) is 11.8 Å². The molecule has 0 aromatic rings. The van der Waals surface area contributed by atoms with Gasteiger partial charge < -0.3 is 5.11 Å². The van der Waals surface area contributed by atoms with Gasteiger partial charge in [0, 0.05) is 11.8 Å². The summed E-state index contributed by atoms with van der Waals surface area (Å²) in [6, 6.07) is 0. The molecule has 1 N–H and O–H groups in total. The van der Waals surface area contributed by atoms with E-state index in [0.29, 0.717) is 11.8 Å². The lowest BCUT2D eigenvalue weighted by atomic mass is 9.67. The smallest absolute Gasteiger partial charge is 0.0540 e. The van der Waals surface area contributed by atoms with Crippen molar-refractivity contribution in [1.29, 1.82) is 0 Å². The largest absolute Gasteiger partial charge is 0.395 e. The van der Waals surface area contributed by atoms with Crippen LogP contribution in [0, 0.1) is 17.3 Å². The van der Waals surface area contributed by atoms with Gasteiger partial charge in [-0.3, -0.25) is 0 Å². The third-order valence-corrected chi connectivity index (χ3v) is 2.63. The molecule has 68 valence electrons. The Bertz CT molecular complexity index is 181. The second kappa shape index (κ2) is 4.52. The predicted octanol–water partition coefficient (Wildman–Crippen LogP) is 2.34. The fourth-order valence-corrected chi connectivity index (χ4v) is 1.83. The van der Waals surface area contributed by atoms with E-state index in [0.717, 1.165) is 0 Å². The van der Waals surface area contributed by atoms with E-state index in [9.17, 15) is 0 Å². The van der Waals surface area contributed by atoms with Crippen LogP contribution in [0.3, 0.4) is 0 Å². The van der Waals surface area contributed by atoms with Crippen LogP contribution in [0.5, 0.6) is 0 Å². The number of rotatable bonds is 3. The molecule has 0 spiro atoms. The highest BCUT2D eigenvalue weighted by atomic mass is 16.2. The molecule has 1 aliphatic rings. The topological polar surface area (TPSA) is 20.2 Å². The summed E-state index contributed by atoms with van der Waals surface area (Å²) in [6.45, 7) is 2.42. The van der Waals surface area contributed by atoms with E-state index < -0.39 is 0 Å². The van der Waals surface area contributed by atoms with Gasteiger partial charge in [0.05, 0.1) is 6.61 Å². The van der Waals surface area contributed by atoms with E-state index in [2.05, 4.69) is 18.8 Å². The van der Waals surface area contributed by atoms with Gasteiger partial charge in [0.2, 0.25) is 0 Å². The molecule has 0 radical (unpaired) electrons. The maximum atomic E-state index is 8.58. The van der Waals surface area contributed by atoms with Crippen LogP contribution in [-0.4, -0.2) is 11.7 Å². The minimum absolute atomic E-state index is 0.204.